The van der Waals surface area contributed by atoms with Crippen LogP contribution in [0.1, 0.15) is 12.6 Å². The Morgan fingerprint density at radius 3 is 2.75 bits per heavy atom. The van der Waals surface area contributed by atoms with Crippen LogP contribution in [-0.2, 0) is 4.74 Å². The number of imidazole rings is 1. The number of aliphatic hydroxyl groups is 2. The minimum Gasteiger partial charge on any atom is -0.394 e. The summed E-state index contributed by atoms with van der Waals surface area (Å²) in [4.78, 5) is 12.9. The van der Waals surface area contributed by atoms with Crippen LogP contribution in [0.25, 0.3) is 22.6 Å². The average Bonchev–Trinajstić information content (AvgIpc) is 3.16. The number of aliphatic hydroxyl groups excluding tert-OH is 2. The smallest absolute Gasteiger partial charge is 0.168 e. The van der Waals surface area contributed by atoms with Crippen LogP contribution in [0.5, 0.6) is 0 Å². The fourth-order valence-electron chi connectivity index (χ4n) is 3.03. The van der Waals surface area contributed by atoms with E-state index in [0.29, 0.717) is 23.4 Å². The van der Waals surface area contributed by atoms with Gasteiger partial charge in [-0.1, -0.05) is 30.3 Å². The van der Waals surface area contributed by atoms with Crippen LogP contribution in [0.3, 0.4) is 0 Å². The third-order valence-corrected chi connectivity index (χ3v) is 4.21. The highest BCUT2D eigenvalue weighted by molar-refractivity contribution is 5.85. The lowest BCUT2D eigenvalue weighted by atomic mass is 10.2. The van der Waals surface area contributed by atoms with Crippen molar-refractivity contribution in [2.75, 3.05) is 12.3 Å². The monoisotopic (exact) mass is 327 g/mol. The zero-order chi connectivity index (χ0) is 16.7. The van der Waals surface area contributed by atoms with Crippen molar-refractivity contribution < 1.29 is 14.9 Å². The topological polar surface area (TPSA) is 119 Å². The molecule has 0 saturated carbocycles. The second-order valence-corrected chi connectivity index (χ2v) is 5.72. The molecule has 8 nitrogen and oxygen atoms in total. The van der Waals surface area contributed by atoms with Crippen LogP contribution in [0.15, 0.2) is 36.7 Å². The van der Waals surface area contributed by atoms with Gasteiger partial charge in [0.2, 0.25) is 0 Å². The molecule has 1 fully saturated rings. The maximum Gasteiger partial charge on any atom is 0.168 e. The molecule has 8 heteroatoms. The van der Waals surface area contributed by atoms with E-state index in [1.54, 1.807) is 0 Å². The molecule has 4 N–H and O–H groups in total. The first-order chi connectivity index (χ1) is 11.7. The summed E-state index contributed by atoms with van der Waals surface area (Å²) >= 11 is 0. The van der Waals surface area contributed by atoms with Crippen LogP contribution < -0.4 is 5.73 Å². The van der Waals surface area contributed by atoms with Crippen molar-refractivity contribution in [3.63, 3.8) is 0 Å². The Morgan fingerprint density at radius 1 is 1.25 bits per heavy atom. The molecule has 1 aliphatic rings. The van der Waals surface area contributed by atoms with Gasteiger partial charge >= 0.3 is 0 Å². The summed E-state index contributed by atoms with van der Waals surface area (Å²) in [5.74, 6) is 0.918. The Morgan fingerprint density at radius 2 is 2.04 bits per heavy atom. The highest BCUT2D eigenvalue weighted by Crippen LogP contribution is 2.36. The van der Waals surface area contributed by atoms with Crippen molar-refractivity contribution in [3.8, 4) is 11.4 Å². The van der Waals surface area contributed by atoms with Gasteiger partial charge in [-0.2, -0.15) is 0 Å². The fraction of sp³-hybridized carbons (Fsp3) is 0.312. The van der Waals surface area contributed by atoms with Gasteiger partial charge in [0.15, 0.2) is 17.0 Å². The summed E-state index contributed by atoms with van der Waals surface area (Å²) in [6, 6.07) is 9.60. The minimum absolute atomic E-state index is 0.248. The van der Waals surface area contributed by atoms with Gasteiger partial charge in [0, 0.05) is 12.0 Å². The maximum atomic E-state index is 10.1. The quantitative estimate of drug-likeness (QED) is 0.648. The molecule has 2 aromatic heterocycles. The first-order valence-electron chi connectivity index (χ1n) is 7.67. The van der Waals surface area contributed by atoms with Crippen molar-refractivity contribution in [1.29, 1.82) is 0 Å². The standard InChI is InChI=1S/C16H17N5O3/c17-14-13-16(19-8-18-14)21(12-6-10(23)11(7-22)24-12)15(20-13)9-4-2-1-3-5-9/h1-5,8,10-12,22-23H,6-7H2,(H2,17,18,19). The Hall–Kier alpha value is -2.55. The lowest BCUT2D eigenvalue weighted by Gasteiger charge is -2.16. The van der Waals surface area contributed by atoms with Crippen LogP contribution in [-0.4, -0.2) is 48.5 Å². The van der Waals surface area contributed by atoms with Gasteiger partial charge in [0.05, 0.1) is 12.7 Å². The zero-order valence-corrected chi connectivity index (χ0v) is 12.8. The molecule has 3 unspecified atom stereocenters. The highest BCUT2D eigenvalue weighted by atomic mass is 16.5. The fourth-order valence-corrected chi connectivity index (χ4v) is 3.03. The Kier molecular flexibility index (Phi) is 3.64. The van der Waals surface area contributed by atoms with Gasteiger partial charge in [-0.25, -0.2) is 15.0 Å². The first kappa shape index (κ1) is 15.0. The van der Waals surface area contributed by atoms with Crippen LogP contribution in [0, 0.1) is 0 Å². The summed E-state index contributed by atoms with van der Waals surface area (Å²) in [5, 5.41) is 19.4. The van der Waals surface area contributed by atoms with E-state index in [-0.39, 0.29) is 12.4 Å². The van der Waals surface area contributed by atoms with Crippen molar-refractivity contribution in [2.24, 2.45) is 0 Å². The number of aromatic nitrogens is 4. The highest BCUT2D eigenvalue weighted by Gasteiger charge is 2.37. The number of hydrogen-bond donors (Lipinski definition) is 3. The molecule has 4 rings (SSSR count). The molecule has 3 aromatic rings. The van der Waals surface area contributed by atoms with Crippen molar-refractivity contribution in [1.82, 2.24) is 19.5 Å². The number of nitrogens with two attached hydrogens (primary N) is 1. The largest absolute Gasteiger partial charge is 0.394 e. The number of ether oxygens (including phenoxy) is 1. The molecule has 0 aliphatic carbocycles. The Balaban J connectivity index is 1.91. The molecular weight excluding hydrogens is 310 g/mol. The van der Waals surface area contributed by atoms with Crippen molar-refractivity contribution in [3.05, 3.63) is 36.7 Å². The number of benzene rings is 1. The molecule has 124 valence electrons. The number of hydrogen-bond acceptors (Lipinski definition) is 7. The summed E-state index contributed by atoms with van der Waals surface area (Å²) in [5.41, 5.74) is 7.84. The van der Waals surface area contributed by atoms with Crippen molar-refractivity contribution in [2.45, 2.75) is 24.9 Å². The van der Waals surface area contributed by atoms with Gasteiger partial charge in [0.25, 0.3) is 0 Å². The van der Waals surface area contributed by atoms with E-state index >= 15 is 0 Å². The molecule has 0 amide bonds. The Labute approximate surface area is 137 Å². The number of nitrogens with zero attached hydrogens (tertiary/aromatic N) is 4. The lowest BCUT2D eigenvalue weighted by Crippen LogP contribution is -2.24. The normalized spacial score (nSPS) is 23.8. The third kappa shape index (κ3) is 2.32. The minimum atomic E-state index is -0.750. The molecule has 3 heterocycles. The summed E-state index contributed by atoms with van der Waals surface area (Å²) in [6.45, 7) is -0.248. The van der Waals surface area contributed by atoms with E-state index in [2.05, 4.69) is 15.0 Å². The predicted octanol–water partition coefficient (Wildman–Crippen LogP) is 0.716. The van der Waals surface area contributed by atoms with E-state index in [9.17, 15) is 10.2 Å². The molecule has 1 aromatic carbocycles. The summed E-state index contributed by atoms with van der Waals surface area (Å²) in [7, 11) is 0. The third-order valence-electron chi connectivity index (χ3n) is 4.21. The average molecular weight is 327 g/mol. The molecular formula is C16H17N5O3. The van der Waals surface area contributed by atoms with Gasteiger partial charge in [-0.15, -0.1) is 0 Å². The van der Waals surface area contributed by atoms with E-state index < -0.39 is 18.4 Å². The molecule has 24 heavy (non-hydrogen) atoms. The maximum absolute atomic E-state index is 10.1. The summed E-state index contributed by atoms with van der Waals surface area (Å²) in [6.07, 6.45) is -0.165. The van der Waals surface area contributed by atoms with E-state index in [0.717, 1.165) is 5.56 Å². The van der Waals surface area contributed by atoms with Crippen LogP contribution in [0.2, 0.25) is 0 Å². The molecule has 1 aliphatic heterocycles. The molecule has 0 bridgehead atoms. The van der Waals surface area contributed by atoms with Crippen LogP contribution in [0.4, 0.5) is 5.82 Å². The number of anilines is 1. The van der Waals surface area contributed by atoms with Gasteiger partial charge in [0.1, 0.15) is 24.5 Å². The molecule has 0 spiro atoms. The lowest BCUT2D eigenvalue weighted by molar-refractivity contribution is -0.0426. The number of nitrogen functional groups attached to an aromatic ring is 1. The SMILES string of the molecule is Nc1ncnc2c1nc(-c1ccccc1)n2C1CC(O)C(CO)O1. The van der Waals surface area contributed by atoms with Gasteiger partial charge < -0.3 is 20.7 Å². The van der Waals surface area contributed by atoms with Gasteiger partial charge in [-0.05, 0) is 0 Å². The van der Waals surface area contributed by atoms with Crippen molar-refractivity contribution >= 4 is 17.0 Å². The first-order valence-corrected chi connectivity index (χ1v) is 7.67. The second kappa shape index (κ2) is 5.82. The van der Waals surface area contributed by atoms with E-state index in [1.165, 1.54) is 6.33 Å². The molecule has 1 saturated heterocycles. The molecule has 3 atom stereocenters. The van der Waals surface area contributed by atoms with Gasteiger partial charge in [-0.3, -0.25) is 4.57 Å². The second-order valence-electron chi connectivity index (χ2n) is 5.72. The van der Waals surface area contributed by atoms with E-state index in [4.69, 9.17) is 10.5 Å². The Bertz CT molecular complexity index is 867. The summed E-state index contributed by atoms with van der Waals surface area (Å²) < 4.78 is 7.61. The van der Waals surface area contributed by atoms with E-state index in [1.807, 2.05) is 34.9 Å². The number of fused-ring (bicyclic) bond motifs is 1. The predicted molar refractivity (Wildman–Crippen MR) is 86.8 cm³/mol. The van der Waals surface area contributed by atoms with Crippen LogP contribution >= 0.6 is 0 Å². The zero-order valence-electron chi connectivity index (χ0n) is 12.8. The molecule has 0 radical (unpaired) electrons. The number of rotatable bonds is 3.